The smallest absolute Gasteiger partial charge is 0.317 e. The molecule has 2 heterocycles. The van der Waals surface area contributed by atoms with E-state index < -0.39 is 4.92 Å². The first-order valence-corrected chi connectivity index (χ1v) is 6.50. The Labute approximate surface area is 120 Å². The molecule has 1 unspecified atom stereocenters. The molecule has 0 aliphatic carbocycles. The molecule has 1 aliphatic heterocycles. The molecule has 7 heteroatoms. The number of nitro groups is 1. The van der Waals surface area contributed by atoms with Gasteiger partial charge in [-0.1, -0.05) is 18.2 Å². The van der Waals surface area contributed by atoms with Crippen LogP contribution in [0, 0.1) is 10.1 Å². The van der Waals surface area contributed by atoms with Crippen molar-refractivity contribution in [3.63, 3.8) is 0 Å². The van der Waals surface area contributed by atoms with E-state index in [1.54, 1.807) is 0 Å². The molecule has 0 fully saturated rings. The molecule has 0 saturated carbocycles. The van der Waals surface area contributed by atoms with Gasteiger partial charge in [-0.05, 0) is 36.6 Å². The van der Waals surface area contributed by atoms with Crippen molar-refractivity contribution >= 4 is 28.8 Å². The maximum absolute atomic E-state index is 11.2. The van der Waals surface area contributed by atoms with Gasteiger partial charge in [0.25, 0.3) is 0 Å². The number of rotatable bonds is 2. The van der Waals surface area contributed by atoms with Crippen molar-refractivity contribution in [3.8, 4) is 0 Å². The van der Waals surface area contributed by atoms with Gasteiger partial charge in [-0.25, -0.2) is 4.98 Å². The molecule has 0 bridgehead atoms. The minimum absolute atomic E-state index is 0.00202. The van der Waals surface area contributed by atoms with E-state index in [1.165, 1.54) is 0 Å². The molecule has 2 aromatic rings. The third kappa shape index (κ3) is 1.98. The Hall–Kier alpha value is -2.21. The molecule has 0 spiro atoms. The Morgan fingerprint density at radius 1 is 1.45 bits per heavy atom. The first kappa shape index (κ1) is 12.8. The predicted octanol–water partition coefficient (Wildman–Crippen LogP) is 3.12. The Morgan fingerprint density at radius 2 is 2.20 bits per heavy atom. The van der Waals surface area contributed by atoms with Crippen molar-refractivity contribution < 1.29 is 4.92 Å². The van der Waals surface area contributed by atoms with E-state index in [0.717, 1.165) is 23.9 Å². The van der Waals surface area contributed by atoms with Crippen molar-refractivity contribution in [1.82, 2.24) is 9.97 Å². The Morgan fingerprint density at radius 3 is 2.95 bits per heavy atom. The molecular weight excluding hydrogens is 280 g/mol. The van der Waals surface area contributed by atoms with Crippen LogP contribution in [0.5, 0.6) is 0 Å². The fraction of sp³-hybridized carbons (Fsp3) is 0.231. The number of para-hydroxylation sites is 1. The van der Waals surface area contributed by atoms with Gasteiger partial charge in [-0.2, -0.15) is 4.98 Å². The van der Waals surface area contributed by atoms with Crippen LogP contribution in [0.4, 0.5) is 17.2 Å². The number of nitrogens with zero attached hydrogens (tertiary/aromatic N) is 4. The van der Waals surface area contributed by atoms with Crippen molar-refractivity contribution in [1.29, 1.82) is 0 Å². The third-order valence-corrected chi connectivity index (χ3v) is 3.53. The van der Waals surface area contributed by atoms with Crippen LogP contribution >= 0.6 is 11.6 Å². The molecule has 1 aromatic carbocycles. The summed E-state index contributed by atoms with van der Waals surface area (Å²) in [5.74, 6) is 0.243. The molecule has 1 atom stereocenters. The first-order chi connectivity index (χ1) is 9.58. The van der Waals surface area contributed by atoms with E-state index >= 15 is 0 Å². The number of aromatic nitrogens is 2. The molecule has 0 saturated heterocycles. The van der Waals surface area contributed by atoms with Crippen molar-refractivity contribution in [2.75, 3.05) is 4.90 Å². The van der Waals surface area contributed by atoms with Crippen LogP contribution in [0.3, 0.4) is 0 Å². The van der Waals surface area contributed by atoms with Crippen molar-refractivity contribution in [2.45, 2.75) is 19.4 Å². The van der Waals surface area contributed by atoms with Gasteiger partial charge in [0, 0.05) is 11.7 Å². The van der Waals surface area contributed by atoms with Crippen molar-refractivity contribution in [3.05, 3.63) is 51.4 Å². The largest absolute Gasteiger partial charge is 0.330 e. The Balaban J connectivity index is 2.18. The maximum Gasteiger partial charge on any atom is 0.330 e. The van der Waals surface area contributed by atoms with Gasteiger partial charge in [0.1, 0.15) is 6.20 Å². The topological polar surface area (TPSA) is 72.2 Å². The summed E-state index contributed by atoms with van der Waals surface area (Å²) in [5, 5.41) is 11.2. The lowest BCUT2D eigenvalue weighted by Gasteiger charge is -2.23. The normalized spacial score (nSPS) is 17.1. The molecule has 1 aliphatic rings. The molecule has 0 radical (unpaired) electrons. The zero-order valence-electron chi connectivity index (χ0n) is 10.7. The standard InChI is InChI=1S/C13H11ClN4O2/c1-8-6-9-4-2-3-5-10(9)17(8)12-11(18(19)20)7-15-13(14)16-12/h2-5,7-8H,6H2,1H3. The monoisotopic (exact) mass is 290 g/mol. The molecule has 6 nitrogen and oxygen atoms in total. The maximum atomic E-state index is 11.2. The highest BCUT2D eigenvalue weighted by atomic mass is 35.5. The van der Waals surface area contributed by atoms with Gasteiger partial charge in [0.2, 0.25) is 11.1 Å². The van der Waals surface area contributed by atoms with Gasteiger partial charge < -0.3 is 4.90 Å². The van der Waals surface area contributed by atoms with Gasteiger partial charge in [0.05, 0.1) is 4.92 Å². The van der Waals surface area contributed by atoms with Crippen LogP contribution in [0.1, 0.15) is 12.5 Å². The van der Waals surface area contributed by atoms with Gasteiger partial charge in [0.15, 0.2) is 0 Å². The minimum Gasteiger partial charge on any atom is -0.317 e. The summed E-state index contributed by atoms with van der Waals surface area (Å²) in [4.78, 5) is 20.3. The number of fused-ring (bicyclic) bond motifs is 1. The third-order valence-electron chi connectivity index (χ3n) is 3.35. The summed E-state index contributed by atoms with van der Waals surface area (Å²) >= 11 is 5.80. The molecular formula is C13H11ClN4O2. The highest BCUT2D eigenvalue weighted by molar-refractivity contribution is 6.28. The summed E-state index contributed by atoms with van der Waals surface area (Å²) in [5.41, 5.74) is 1.93. The Kier molecular flexibility index (Phi) is 3.02. The summed E-state index contributed by atoms with van der Waals surface area (Å²) in [6, 6.07) is 7.88. The lowest BCUT2D eigenvalue weighted by Crippen LogP contribution is -2.25. The van der Waals surface area contributed by atoms with Gasteiger partial charge in [-0.3, -0.25) is 10.1 Å². The van der Waals surface area contributed by atoms with Crippen LogP contribution in [-0.2, 0) is 6.42 Å². The quantitative estimate of drug-likeness (QED) is 0.483. The zero-order valence-corrected chi connectivity index (χ0v) is 11.4. The highest BCUT2D eigenvalue weighted by Crippen LogP contribution is 2.40. The number of anilines is 2. The molecule has 0 N–H and O–H groups in total. The molecule has 0 amide bonds. The second kappa shape index (κ2) is 4.72. The highest BCUT2D eigenvalue weighted by Gasteiger charge is 2.33. The van der Waals surface area contributed by atoms with E-state index in [-0.39, 0.29) is 22.8 Å². The molecule has 102 valence electrons. The number of hydrogen-bond donors (Lipinski definition) is 0. The number of benzene rings is 1. The van der Waals surface area contributed by atoms with Crippen LogP contribution in [0.2, 0.25) is 5.28 Å². The summed E-state index contributed by atoms with van der Waals surface area (Å²) in [7, 11) is 0. The molecule has 1 aromatic heterocycles. The second-order valence-electron chi connectivity index (χ2n) is 4.66. The molecule has 3 rings (SSSR count). The van der Waals surface area contributed by atoms with E-state index in [0.29, 0.717) is 0 Å². The van der Waals surface area contributed by atoms with Gasteiger partial charge in [-0.15, -0.1) is 0 Å². The van der Waals surface area contributed by atoms with E-state index in [2.05, 4.69) is 9.97 Å². The lowest BCUT2D eigenvalue weighted by atomic mass is 10.1. The average Bonchev–Trinajstić information content (AvgIpc) is 2.73. The predicted molar refractivity (Wildman–Crippen MR) is 75.4 cm³/mol. The van der Waals surface area contributed by atoms with Crippen LogP contribution in [0.25, 0.3) is 0 Å². The second-order valence-corrected chi connectivity index (χ2v) is 4.99. The van der Waals surface area contributed by atoms with Crippen LogP contribution < -0.4 is 4.90 Å². The van der Waals surface area contributed by atoms with Crippen LogP contribution in [0.15, 0.2) is 30.5 Å². The molecule has 20 heavy (non-hydrogen) atoms. The van der Waals surface area contributed by atoms with E-state index in [9.17, 15) is 10.1 Å². The van der Waals surface area contributed by atoms with Crippen molar-refractivity contribution in [2.24, 2.45) is 0 Å². The fourth-order valence-electron chi connectivity index (χ4n) is 2.54. The fourth-order valence-corrected chi connectivity index (χ4v) is 2.67. The summed E-state index contributed by atoms with van der Waals surface area (Å²) in [6.07, 6.45) is 1.97. The lowest BCUT2D eigenvalue weighted by molar-refractivity contribution is -0.384. The first-order valence-electron chi connectivity index (χ1n) is 6.12. The average molecular weight is 291 g/mol. The Bertz CT molecular complexity index is 692. The minimum atomic E-state index is -0.487. The van der Waals surface area contributed by atoms with E-state index in [1.807, 2.05) is 36.1 Å². The van der Waals surface area contributed by atoms with Crippen LogP contribution in [-0.4, -0.2) is 20.9 Å². The summed E-state index contributed by atoms with van der Waals surface area (Å²) in [6.45, 7) is 2.00. The number of hydrogen-bond acceptors (Lipinski definition) is 5. The van der Waals surface area contributed by atoms with Gasteiger partial charge >= 0.3 is 5.69 Å². The zero-order chi connectivity index (χ0) is 14.3. The van der Waals surface area contributed by atoms with E-state index in [4.69, 9.17) is 11.6 Å². The summed E-state index contributed by atoms with van der Waals surface area (Å²) < 4.78 is 0. The number of halogens is 1. The SMILES string of the molecule is CC1Cc2ccccc2N1c1nc(Cl)ncc1[N+](=O)[O-].